The predicted octanol–water partition coefficient (Wildman–Crippen LogP) is 2.49. The van der Waals surface area contributed by atoms with E-state index < -0.39 is 36.4 Å². The summed E-state index contributed by atoms with van der Waals surface area (Å²) in [6.45, 7) is 0. The van der Waals surface area contributed by atoms with Crippen LogP contribution in [0.15, 0.2) is 70.3 Å². The summed E-state index contributed by atoms with van der Waals surface area (Å²) < 4.78 is 11.2. The van der Waals surface area contributed by atoms with Gasteiger partial charge in [-0.15, -0.1) is 0 Å². The van der Waals surface area contributed by atoms with E-state index in [-0.39, 0.29) is 5.56 Å². The van der Waals surface area contributed by atoms with Gasteiger partial charge in [0.15, 0.2) is 12.2 Å². The Bertz CT molecular complexity index is 836. The van der Waals surface area contributed by atoms with Gasteiger partial charge in [0.05, 0.1) is 11.1 Å². The van der Waals surface area contributed by atoms with Gasteiger partial charge in [-0.25, -0.2) is 9.59 Å². The fourth-order valence-corrected chi connectivity index (χ4v) is 3.38. The molecule has 0 saturated carbocycles. The Morgan fingerprint density at radius 1 is 0.815 bits per heavy atom. The molecule has 0 fully saturated rings. The van der Waals surface area contributed by atoms with E-state index in [2.05, 4.69) is 0 Å². The molecule has 0 bridgehead atoms. The minimum atomic E-state index is -1.43. The fourth-order valence-electron chi connectivity index (χ4n) is 2.66. The van der Waals surface area contributed by atoms with Crippen LogP contribution in [-0.4, -0.2) is 46.6 Å². The molecule has 6 nitrogen and oxygen atoms in total. The molecule has 1 aliphatic carbocycles. The molecule has 0 aromatic heterocycles. The number of benzene rings is 2. The molecule has 2 aromatic rings. The summed E-state index contributed by atoms with van der Waals surface area (Å²) in [5, 5.41) is 20.5. The van der Waals surface area contributed by atoms with Crippen molar-refractivity contribution in [3.05, 3.63) is 81.4 Å². The lowest BCUT2D eigenvalue weighted by molar-refractivity contribution is -0.102. The first-order chi connectivity index (χ1) is 13.0. The molecule has 2 aromatic carbocycles. The van der Waals surface area contributed by atoms with E-state index >= 15 is 0 Å². The van der Waals surface area contributed by atoms with Crippen LogP contribution in [0.3, 0.4) is 0 Å². The highest BCUT2D eigenvalue weighted by atomic mass is 127. The maximum absolute atomic E-state index is 12.4. The van der Waals surface area contributed by atoms with Crippen molar-refractivity contribution < 1.29 is 29.3 Å². The summed E-state index contributed by atoms with van der Waals surface area (Å²) in [5.41, 5.74) is 0.617. The molecule has 3 rings (SSSR count). The molecule has 1 aliphatic rings. The van der Waals surface area contributed by atoms with Gasteiger partial charge in [-0.05, 0) is 52.9 Å². The second-order valence-corrected chi connectivity index (χ2v) is 7.20. The molecule has 0 amide bonds. The van der Waals surface area contributed by atoms with E-state index in [1.165, 1.54) is 6.08 Å². The Hall–Kier alpha value is -2.23. The first-order valence-corrected chi connectivity index (χ1v) is 9.30. The van der Waals surface area contributed by atoms with Crippen LogP contribution in [0.4, 0.5) is 0 Å². The van der Waals surface area contributed by atoms with E-state index in [0.29, 0.717) is 9.14 Å². The first-order valence-electron chi connectivity index (χ1n) is 8.23. The Balaban J connectivity index is 1.82. The third kappa shape index (κ3) is 4.55. The van der Waals surface area contributed by atoms with Gasteiger partial charge < -0.3 is 19.7 Å². The van der Waals surface area contributed by atoms with E-state index in [4.69, 9.17) is 9.47 Å². The van der Waals surface area contributed by atoms with Gasteiger partial charge in [0.1, 0.15) is 12.2 Å². The Kier molecular flexibility index (Phi) is 6.25. The van der Waals surface area contributed by atoms with Gasteiger partial charge in [-0.2, -0.15) is 0 Å². The van der Waals surface area contributed by atoms with Crippen molar-refractivity contribution in [2.45, 2.75) is 24.4 Å². The number of rotatable bonds is 4. The molecule has 0 unspecified atom stereocenters. The van der Waals surface area contributed by atoms with Crippen LogP contribution in [0, 0.1) is 0 Å². The number of carbonyl (C=O) groups excluding carboxylic acids is 2. The molecule has 27 heavy (non-hydrogen) atoms. The second kappa shape index (κ2) is 8.64. The number of halogens is 1. The summed E-state index contributed by atoms with van der Waals surface area (Å²) in [4.78, 5) is 24.7. The number of aliphatic hydroxyl groups is 2. The molecular weight excluding hydrogens is 463 g/mol. The molecule has 0 radical (unpaired) electrons. The number of carbonyl (C=O) groups is 2. The highest BCUT2D eigenvalue weighted by molar-refractivity contribution is 14.1. The van der Waals surface area contributed by atoms with Crippen molar-refractivity contribution >= 4 is 34.5 Å². The van der Waals surface area contributed by atoms with Gasteiger partial charge >= 0.3 is 11.9 Å². The summed E-state index contributed by atoms with van der Waals surface area (Å²) in [6.07, 6.45) is -3.45. The third-order valence-corrected chi connectivity index (χ3v) is 5.09. The Morgan fingerprint density at radius 3 is 1.81 bits per heavy atom. The van der Waals surface area contributed by atoms with E-state index in [1.54, 1.807) is 60.7 Å². The van der Waals surface area contributed by atoms with E-state index in [0.717, 1.165) is 0 Å². The highest BCUT2D eigenvalue weighted by Crippen LogP contribution is 2.29. The van der Waals surface area contributed by atoms with Crippen molar-refractivity contribution in [2.24, 2.45) is 0 Å². The number of aliphatic hydroxyl groups excluding tert-OH is 2. The second-order valence-electron chi connectivity index (χ2n) is 5.96. The summed E-state index contributed by atoms with van der Waals surface area (Å²) in [6, 6.07) is 16.6. The van der Waals surface area contributed by atoms with Crippen molar-refractivity contribution in [1.29, 1.82) is 0 Å². The molecule has 0 aliphatic heterocycles. The lowest BCUT2D eigenvalue weighted by Gasteiger charge is -2.35. The number of esters is 2. The normalized spacial score (nSPS) is 24.6. The third-order valence-electron chi connectivity index (χ3n) is 4.10. The van der Waals surface area contributed by atoms with Crippen molar-refractivity contribution in [3.63, 3.8) is 0 Å². The van der Waals surface area contributed by atoms with Gasteiger partial charge in [0.25, 0.3) is 0 Å². The Labute approximate surface area is 169 Å². The van der Waals surface area contributed by atoms with Gasteiger partial charge in [0, 0.05) is 3.58 Å². The average molecular weight is 480 g/mol. The van der Waals surface area contributed by atoms with Crippen molar-refractivity contribution in [1.82, 2.24) is 0 Å². The standard InChI is InChI=1S/C20H17IO6/c21-14-11-15(26-19(24)12-7-3-1-4-8-12)18(17(23)16(14)22)27-20(25)13-9-5-2-6-10-13/h1-11,15-18,22-23H/t15-,16-,17-,18-/m1/s1. The first kappa shape index (κ1) is 19.5. The number of ether oxygens (including phenoxy) is 2. The van der Waals surface area contributed by atoms with Crippen molar-refractivity contribution in [3.8, 4) is 0 Å². The molecule has 0 saturated heterocycles. The van der Waals surface area contributed by atoms with Crippen LogP contribution in [0.1, 0.15) is 20.7 Å². The van der Waals surface area contributed by atoms with Crippen LogP contribution in [0.5, 0.6) is 0 Å². The topological polar surface area (TPSA) is 93.1 Å². The summed E-state index contributed by atoms with van der Waals surface area (Å²) >= 11 is 1.85. The zero-order valence-electron chi connectivity index (χ0n) is 14.1. The molecule has 0 spiro atoms. The molecule has 4 atom stereocenters. The fraction of sp³-hybridized carbons (Fsp3) is 0.200. The van der Waals surface area contributed by atoms with Gasteiger partial charge in [-0.1, -0.05) is 36.4 Å². The molecule has 2 N–H and O–H groups in total. The van der Waals surface area contributed by atoms with Crippen LogP contribution < -0.4 is 0 Å². The average Bonchev–Trinajstić information content (AvgIpc) is 2.70. The predicted molar refractivity (Wildman–Crippen MR) is 105 cm³/mol. The van der Waals surface area contributed by atoms with Crippen LogP contribution in [-0.2, 0) is 9.47 Å². The largest absolute Gasteiger partial charge is 0.452 e. The Morgan fingerprint density at radius 2 is 1.30 bits per heavy atom. The number of hydrogen-bond acceptors (Lipinski definition) is 6. The van der Waals surface area contributed by atoms with Crippen molar-refractivity contribution in [2.75, 3.05) is 0 Å². The lowest BCUT2D eigenvalue weighted by Crippen LogP contribution is -2.51. The molecular formula is C20H17IO6. The van der Waals surface area contributed by atoms with E-state index in [9.17, 15) is 19.8 Å². The number of hydrogen-bond donors (Lipinski definition) is 2. The molecule has 140 valence electrons. The highest BCUT2D eigenvalue weighted by Gasteiger charge is 2.42. The summed E-state index contributed by atoms with van der Waals surface area (Å²) in [7, 11) is 0. The lowest BCUT2D eigenvalue weighted by atomic mass is 9.95. The monoisotopic (exact) mass is 480 g/mol. The smallest absolute Gasteiger partial charge is 0.338 e. The maximum atomic E-state index is 12.4. The van der Waals surface area contributed by atoms with Crippen LogP contribution >= 0.6 is 22.6 Å². The summed E-state index contributed by atoms with van der Waals surface area (Å²) in [5.74, 6) is -1.30. The minimum absolute atomic E-state index is 0.288. The molecule has 7 heteroatoms. The zero-order chi connectivity index (χ0) is 19.4. The van der Waals surface area contributed by atoms with Crippen LogP contribution in [0.25, 0.3) is 0 Å². The van der Waals surface area contributed by atoms with E-state index in [1.807, 2.05) is 22.6 Å². The maximum Gasteiger partial charge on any atom is 0.338 e. The van der Waals surface area contributed by atoms with Gasteiger partial charge in [-0.3, -0.25) is 0 Å². The minimum Gasteiger partial charge on any atom is -0.452 e. The zero-order valence-corrected chi connectivity index (χ0v) is 16.2. The van der Waals surface area contributed by atoms with Crippen LogP contribution in [0.2, 0.25) is 0 Å². The molecule has 0 heterocycles. The van der Waals surface area contributed by atoms with Gasteiger partial charge in [0.2, 0.25) is 0 Å². The SMILES string of the molecule is O=C(O[C@H]1[C@H](O)[C@H](O)C(I)=C[C@H]1OC(=O)c1ccccc1)c1ccccc1. The quantitative estimate of drug-likeness (QED) is 0.516.